The van der Waals surface area contributed by atoms with Crippen LogP contribution in [0.3, 0.4) is 0 Å². The van der Waals surface area contributed by atoms with Crippen LogP contribution < -0.4 is 21.3 Å². The van der Waals surface area contributed by atoms with Crippen molar-refractivity contribution in [3.05, 3.63) is 30.0 Å². The predicted molar refractivity (Wildman–Crippen MR) is 198 cm³/mol. The third-order valence-corrected chi connectivity index (χ3v) is 10.3. The molecule has 2 heterocycles. The number of likely N-dealkylation sites (tertiary alicyclic amines) is 2. The standard InChI is InChI=1S/C39H62N6O7/c1-8-14-28(34(48)36(50)40-21-9-2)41-35(49)29-22-26(20-19-25(3)4)23-44(29)37(51)33(27-15-11-10-12-16-27)43-38(52)42-30(39(5,6)7)24-45-31(46)17-13-18-32(45)47/h9,20,26-30,33,35,41,49H,2,8,10-18,21-24H2,1,3-7H3,(H,40,50)(H2,42,43,52)/t26?,28?,29-,30+,33-,35?/m0/s1. The summed E-state index contributed by atoms with van der Waals surface area (Å²) >= 11 is 0. The molecule has 5 N–H and O–H groups in total. The van der Waals surface area contributed by atoms with E-state index in [2.05, 4.69) is 33.6 Å². The van der Waals surface area contributed by atoms with Gasteiger partial charge in [0.1, 0.15) is 12.3 Å². The number of aliphatic hydroxyl groups excluding tert-OH is 1. The number of carbonyl (C=O) groups is 6. The van der Waals surface area contributed by atoms with Crippen LogP contribution in [0.1, 0.15) is 112 Å². The molecule has 0 aromatic carbocycles. The van der Waals surface area contributed by atoms with E-state index in [4.69, 9.17) is 0 Å². The van der Waals surface area contributed by atoms with Gasteiger partial charge in [-0.15, -0.1) is 12.3 Å². The maximum Gasteiger partial charge on any atom is 0.315 e. The highest BCUT2D eigenvalue weighted by molar-refractivity contribution is 6.38. The highest BCUT2D eigenvalue weighted by Gasteiger charge is 2.45. The van der Waals surface area contributed by atoms with Crippen molar-refractivity contribution >= 4 is 35.4 Å². The van der Waals surface area contributed by atoms with Crippen LogP contribution >= 0.6 is 0 Å². The number of rotatable bonds is 16. The van der Waals surface area contributed by atoms with Crippen LogP contribution in [0, 0.1) is 17.3 Å². The number of urea groups is 1. The van der Waals surface area contributed by atoms with Crippen LogP contribution in [0.5, 0.6) is 0 Å². The number of amides is 6. The number of carbonyl (C=O) groups excluding carboxylic acids is 6. The molecular weight excluding hydrogens is 664 g/mol. The molecule has 6 atom stereocenters. The van der Waals surface area contributed by atoms with Crippen molar-refractivity contribution in [1.29, 1.82) is 0 Å². The van der Waals surface area contributed by atoms with Gasteiger partial charge in [0.15, 0.2) is 0 Å². The summed E-state index contributed by atoms with van der Waals surface area (Å²) in [6, 6.07) is -3.79. The maximum absolute atomic E-state index is 14.7. The smallest absolute Gasteiger partial charge is 0.315 e. The van der Waals surface area contributed by atoms with Gasteiger partial charge >= 0.3 is 6.03 Å². The number of hydrogen-bond donors (Lipinski definition) is 5. The van der Waals surface area contributed by atoms with E-state index >= 15 is 0 Å². The van der Waals surface area contributed by atoms with E-state index in [1.54, 1.807) is 4.90 Å². The molecule has 0 aromatic heterocycles. The Labute approximate surface area is 309 Å². The maximum atomic E-state index is 14.7. The molecule has 0 spiro atoms. The van der Waals surface area contributed by atoms with Gasteiger partial charge in [0, 0.05) is 38.4 Å². The van der Waals surface area contributed by atoms with Crippen LogP contribution in [-0.4, -0.2) is 100 Å². The third kappa shape index (κ3) is 12.1. The monoisotopic (exact) mass is 726 g/mol. The lowest BCUT2D eigenvalue weighted by molar-refractivity contribution is -0.148. The minimum atomic E-state index is -1.34. The number of ketones is 1. The molecule has 3 fully saturated rings. The summed E-state index contributed by atoms with van der Waals surface area (Å²) in [6.07, 6.45) is 8.70. The Morgan fingerprint density at radius 1 is 1.02 bits per heavy atom. The molecule has 13 heteroatoms. The molecule has 1 saturated carbocycles. The molecule has 0 bridgehead atoms. The second kappa shape index (κ2) is 19.9. The normalized spacial score (nSPS) is 22.1. The van der Waals surface area contributed by atoms with E-state index in [9.17, 15) is 33.9 Å². The number of hydrogen-bond acceptors (Lipinski definition) is 8. The molecule has 0 aromatic rings. The Kier molecular flexibility index (Phi) is 16.3. The van der Waals surface area contributed by atoms with E-state index in [0.717, 1.165) is 37.7 Å². The molecular formula is C39H62N6O7. The fourth-order valence-electron chi connectivity index (χ4n) is 7.25. The molecule has 2 saturated heterocycles. The average Bonchev–Trinajstić information content (AvgIpc) is 3.53. The average molecular weight is 727 g/mol. The Balaban J connectivity index is 1.90. The van der Waals surface area contributed by atoms with Gasteiger partial charge in [-0.3, -0.25) is 34.2 Å². The molecule has 0 radical (unpaired) electrons. The molecule has 13 nitrogen and oxygen atoms in total. The lowest BCUT2D eigenvalue weighted by Crippen LogP contribution is -2.62. The molecule has 290 valence electrons. The van der Waals surface area contributed by atoms with Gasteiger partial charge in [-0.2, -0.15) is 0 Å². The number of nitrogens with zero attached hydrogens (tertiary/aromatic N) is 2. The lowest BCUT2D eigenvalue weighted by Gasteiger charge is -2.38. The summed E-state index contributed by atoms with van der Waals surface area (Å²) in [5, 5.41) is 23.1. The van der Waals surface area contributed by atoms with Crippen molar-refractivity contribution in [3.63, 3.8) is 0 Å². The van der Waals surface area contributed by atoms with Crippen LogP contribution in [0.2, 0.25) is 0 Å². The summed E-state index contributed by atoms with van der Waals surface area (Å²) in [7, 11) is 0. The lowest BCUT2D eigenvalue weighted by atomic mass is 9.83. The second-order valence-electron chi connectivity index (χ2n) is 15.8. The number of piperidine rings is 1. The van der Waals surface area contributed by atoms with Crippen molar-refractivity contribution in [2.24, 2.45) is 17.3 Å². The van der Waals surface area contributed by atoms with Crippen molar-refractivity contribution in [1.82, 2.24) is 31.1 Å². The van der Waals surface area contributed by atoms with E-state index in [1.807, 2.05) is 47.6 Å². The summed E-state index contributed by atoms with van der Waals surface area (Å²) in [4.78, 5) is 82.3. The first kappa shape index (κ1) is 42.6. The zero-order valence-electron chi connectivity index (χ0n) is 32.1. The minimum Gasteiger partial charge on any atom is -0.376 e. The molecule has 3 aliphatic rings. The Morgan fingerprint density at radius 2 is 1.67 bits per heavy atom. The number of aliphatic hydroxyl groups is 1. The third-order valence-electron chi connectivity index (χ3n) is 10.3. The van der Waals surface area contributed by atoms with Crippen LogP contribution in [0.15, 0.2) is 30.0 Å². The van der Waals surface area contributed by atoms with Crippen LogP contribution in [0.4, 0.5) is 4.79 Å². The Morgan fingerprint density at radius 3 is 2.25 bits per heavy atom. The van der Waals surface area contributed by atoms with Gasteiger partial charge in [0.25, 0.3) is 5.91 Å². The first-order valence-electron chi connectivity index (χ1n) is 19.0. The van der Waals surface area contributed by atoms with E-state index in [1.165, 1.54) is 11.0 Å². The topological polar surface area (TPSA) is 177 Å². The first-order chi connectivity index (χ1) is 24.6. The molecule has 2 aliphatic heterocycles. The molecule has 52 heavy (non-hydrogen) atoms. The minimum absolute atomic E-state index is 0.0321. The second-order valence-corrected chi connectivity index (χ2v) is 15.8. The highest BCUT2D eigenvalue weighted by atomic mass is 16.3. The van der Waals surface area contributed by atoms with Gasteiger partial charge in [-0.25, -0.2) is 4.79 Å². The summed E-state index contributed by atoms with van der Waals surface area (Å²) in [5.41, 5.74) is 3.66. The summed E-state index contributed by atoms with van der Waals surface area (Å²) in [6.45, 7) is 15.5. The zero-order chi connectivity index (χ0) is 38.6. The number of Topliss-reactive ketones (excluding diaryl/α,β-unsaturated/α-hetero) is 1. The zero-order valence-corrected chi connectivity index (χ0v) is 32.1. The van der Waals surface area contributed by atoms with Crippen molar-refractivity contribution in [2.45, 2.75) is 143 Å². The Bertz CT molecular complexity index is 1360. The Hall–Kier alpha value is -3.80. The van der Waals surface area contributed by atoms with Crippen molar-refractivity contribution < 1.29 is 33.9 Å². The van der Waals surface area contributed by atoms with E-state index in [-0.39, 0.29) is 62.0 Å². The molecule has 3 unspecified atom stereocenters. The van der Waals surface area contributed by atoms with Crippen molar-refractivity contribution in [2.75, 3.05) is 19.6 Å². The fourth-order valence-corrected chi connectivity index (χ4v) is 7.25. The largest absolute Gasteiger partial charge is 0.376 e. The van der Waals surface area contributed by atoms with Crippen molar-refractivity contribution in [3.8, 4) is 0 Å². The van der Waals surface area contributed by atoms with E-state index in [0.29, 0.717) is 25.7 Å². The number of nitrogens with one attached hydrogen (secondary N) is 4. The van der Waals surface area contributed by atoms with Gasteiger partial charge in [0.2, 0.25) is 23.5 Å². The van der Waals surface area contributed by atoms with Gasteiger partial charge < -0.3 is 26.0 Å². The van der Waals surface area contributed by atoms with Gasteiger partial charge in [0.05, 0.1) is 18.1 Å². The summed E-state index contributed by atoms with van der Waals surface area (Å²) < 4.78 is 0. The molecule has 3 rings (SSSR count). The van der Waals surface area contributed by atoms with Crippen LogP contribution in [-0.2, 0) is 24.0 Å². The molecule has 1 aliphatic carbocycles. The SMILES string of the molecule is C=CCNC(=O)C(=O)C(CCC)NC(O)[C@@H]1CC(C=C=C(C)C)CN1C(=O)[C@@H](NC(=O)N[C@H](CN1C(=O)CCCC1=O)C(C)(C)C)C1CCCCC1. The molecule has 6 amide bonds. The quantitative estimate of drug-likeness (QED) is 0.0528. The highest BCUT2D eigenvalue weighted by Crippen LogP contribution is 2.32. The first-order valence-corrected chi connectivity index (χ1v) is 19.0. The van der Waals surface area contributed by atoms with E-state index < -0.39 is 53.5 Å². The van der Waals surface area contributed by atoms with Gasteiger partial charge in [-0.1, -0.05) is 59.5 Å². The predicted octanol–water partition coefficient (Wildman–Crippen LogP) is 3.47. The fraction of sp³-hybridized carbons (Fsp3) is 0.718. The summed E-state index contributed by atoms with van der Waals surface area (Å²) in [5.74, 6) is -2.64. The van der Waals surface area contributed by atoms with Crippen LogP contribution in [0.25, 0.3) is 0 Å². The number of imide groups is 1. The van der Waals surface area contributed by atoms with Gasteiger partial charge in [-0.05, 0) is 68.9 Å².